The number of phenolic OH excluding ortho intramolecular Hbond substituents is 1. The molecule has 2 aromatic heterocycles. The zero-order valence-electron chi connectivity index (χ0n) is 17.4. The summed E-state index contributed by atoms with van der Waals surface area (Å²) in [4.78, 5) is 26.8. The number of benzene rings is 1. The van der Waals surface area contributed by atoms with E-state index in [1.54, 1.807) is 12.1 Å². The molecule has 5 rings (SSSR count). The Labute approximate surface area is 184 Å². The van der Waals surface area contributed by atoms with Gasteiger partial charge in [0.05, 0.1) is 10.6 Å². The summed E-state index contributed by atoms with van der Waals surface area (Å²) >= 11 is 6.38. The van der Waals surface area contributed by atoms with Crippen molar-refractivity contribution in [2.24, 2.45) is 5.92 Å². The molecule has 1 aromatic carbocycles. The second-order valence-corrected chi connectivity index (χ2v) is 9.20. The molecule has 6 nitrogen and oxygen atoms in total. The van der Waals surface area contributed by atoms with Gasteiger partial charge in [-0.2, -0.15) is 0 Å². The van der Waals surface area contributed by atoms with Gasteiger partial charge in [-0.15, -0.1) is 0 Å². The Kier molecular flexibility index (Phi) is 5.15. The number of rotatable bonds is 4. The van der Waals surface area contributed by atoms with Crippen LogP contribution >= 0.6 is 11.6 Å². The smallest absolute Gasteiger partial charge is 0.336 e. The van der Waals surface area contributed by atoms with Crippen molar-refractivity contribution in [1.29, 1.82) is 0 Å². The lowest BCUT2D eigenvalue weighted by Crippen LogP contribution is -2.46. The number of hydrogen-bond acceptors (Lipinski definition) is 5. The van der Waals surface area contributed by atoms with Gasteiger partial charge in [0.25, 0.3) is 5.56 Å². The first-order chi connectivity index (χ1) is 14.9. The number of hydrogen-bond donors (Lipinski definition) is 1. The summed E-state index contributed by atoms with van der Waals surface area (Å²) in [5.74, 6) is 0.594. The maximum Gasteiger partial charge on any atom is 0.336 e. The minimum absolute atomic E-state index is 0.0293. The molecule has 1 N–H and O–H groups in total. The Balaban J connectivity index is 1.54. The van der Waals surface area contributed by atoms with Crippen LogP contribution in [0.3, 0.4) is 0 Å². The molecule has 2 unspecified atom stereocenters. The average molecular weight is 441 g/mol. The molecule has 1 saturated heterocycles. The number of pyridine rings is 1. The number of halogens is 1. The normalized spacial score (nSPS) is 20.7. The molecule has 0 saturated carbocycles. The zero-order valence-corrected chi connectivity index (χ0v) is 18.2. The fraction of sp³-hybridized carbons (Fsp3) is 0.417. The summed E-state index contributed by atoms with van der Waals surface area (Å²) in [5, 5.41) is 11.8. The quantitative estimate of drug-likeness (QED) is 0.623. The predicted molar refractivity (Wildman–Crippen MR) is 120 cm³/mol. The van der Waals surface area contributed by atoms with E-state index >= 15 is 0 Å². The highest BCUT2D eigenvalue weighted by atomic mass is 35.5. The number of aromatic nitrogens is 1. The van der Waals surface area contributed by atoms with Crippen LogP contribution in [0.15, 0.2) is 44.3 Å². The first kappa shape index (κ1) is 20.3. The largest absolute Gasteiger partial charge is 0.506 e. The van der Waals surface area contributed by atoms with Gasteiger partial charge in [-0.05, 0) is 36.5 Å². The van der Waals surface area contributed by atoms with Gasteiger partial charge in [-0.3, -0.25) is 9.69 Å². The van der Waals surface area contributed by atoms with E-state index in [1.165, 1.54) is 6.07 Å². The Bertz CT molecular complexity index is 1280. The van der Waals surface area contributed by atoms with Gasteiger partial charge in [0, 0.05) is 55.3 Å². The van der Waals surface area contributed by atoms with Crippen LogP contribution < -0.4 is 11.2 Å². The fourth-order valence-electron chi connectivity index (χ4n) is 5.35. The predicted octanol–water partition coefficient (Wildman–Crippen LogP) is 3.89. The van der Waals surface area contributed by atoms with E-state index in [4.69, 9.17) is 16.0 Å². The minimum Gasteiger partial charge on any atom is -0.506 e. The number of aryl methyl sites for hydroxylation is 1. The molecule has 7 heteroatoms. The third-order valence-corrected chi connectivity index (χ3v) is 6.89. The first-order valence-electron chi connectivity index (χ1n) is 10.8. The lowest BCUT2D eigenvalue weighted by atomic mass is 9.83. The van der Waals surface area contributed by atoms with E-state index in [-0.39, 0.29) is 22.2 Å². The lowest BCUT2D eigenvalue weighted by molar-refractivity contribution is 0.113. The third-order valence-electron chi connectivity index (χ3n) is 6.60. The van der Waals surface area contributed by atoms with Crippen LogP contribution in [0.5, 0.6) is 5.75 Å². The number of piperidine rings is 1. The second-order valence-electron chi connectivity index (χ2n) is 8.80. The SMILES string of the molecule is CCCc1cc(=O)oc2c(CN3CC4CC(C3)c3cccc(=O)n3C4)c(O)c(Cl)cc12. The van der Waals surface area contributed by atoms with Gasteiger partial charge in [0.1, 0.15) is 11.3 Å². The monoisotopic (exact) mass is 440 g/mol. The molecule has 1 fully saturated rings. The summed E-state index contributed by atoms with van der Waals surface area (Å²) in [6, 6.07) is 8.69. The van der Waals surface area contributed by atoms with Gasteiger partial charge in [0.15, 0.2) is 0 Å². The molecular formula is C24H25ClN2O4. The van der Waals surface area contributed by atoms with E-state index in [2.05, 4.69) is 11.8 Å². The summed E-state index contributed by atoms with van der Waals surface area (Å²) < 4.78 is 7.48. The van der Waals surface area contributed by atoms with Gasteiger partial charge in [-0.25, -0.2) is 4.79 Å². The van der Waals surface area contributed by atoms with Crippen LogP contribution in [0.1, 0.15) is 42.5 Å². The highest BCUT2D eigenvalue weighted by molar-refractivity contribution is 6.33. The van der Waals surface area contributed by atoms with E-state index in [9.17, 15) is 14.7 Å². The number of likely N-dealkylation sites (tertiary alicyclic amines) is 1. The van der Waals surface area contributed by atoms with E-state index < -0.39 is 5.63 Å². The molecule has 31 heavy (non-hydrogen) atoms. The lowest BCUT2D eigenvalue weighted by Gasteiger charge is -2.42. The molecule has 162 valence electrons. The molecule has 2 aliphatic heterocycles. The van der Waals surface area contributed by atoms with Crippen molar-refractivity contribution in [3.63, 3.8) is 0 Å². The summed E-state index contributed by atoms with van der Waals surface area (Å²) in [7, 11) is 0. The van der Waals surface area contributed by atoms with Crippen molar-refractivity contribution in [3.05, 3.63) is 72.9 Å². The maximum absolute atomic E-state index is 12.3. The van der Waals surface area contributed by atoms with Crippen LogP contribution in [0.4, 0.5) is 0 Å². The molecule has 0 spiro atoms. The second kappa shape index (κ2) is 7.84. The van der Waals surface area contributed by atoms with Crippen LogP contribution in [-0.2, 0) is 19.5 Å². The Morgan fingerprint density at radius 2 is 2.03 bits per heavy atom. The highest BCUT2D eigenvalue weighted by Crippen LogP contribution is 2.39. The number of aromatic hydroxyl groups is 1. The van der Waals surface area contributed by atoms with E-state index in [1.807, 2.05) is 16.7 Å². The molecule has 2 atom stereocenters. The number of fused-ring (bicyclic) bond motifs is 5. The fourth-order valence-corrected chi connectivity index (χ4v) is 5.57. The van der Waals surface area contributed by atoms with Gasteiger partial charge in [-0.1, -0.05) is 31.0 Å². The average Bonchev–Trinajstić information content (AvgIpc) is 2.73. The van der Waals surface area contributed by atoms with Crippen molar-refractivity contribution < 1.29 is 9.52 Å². The van der Waals surface area contributed by atoms with Crippen molar-refractivity contribution in [2.75, 3.05) is 13.1 Å². The summed E-state index contributed by atoms with van der Waals surface area (Å²) in [6.07, 6.45) is 2.68. The number of phenols is 1. The molecular weight excluding hydrogens is 416 g/mol. The van der Waals surface area contributed by atoms with Crippen molar-refractivity contribution in [1.82, 2.24) is 9.47 Å². The van der Waals surface area contributed by atoms with Crippen LogP contribution in [0.2, 0.25) is 5.02 Å². The molecule has 2 aliphatic rings. The van der Waals surface area contributed by atoms with Crippen molar-refractivity contribution >= 4 is 22.6 Å². The molecule has 2 bridgehead atoms. The maximum atomic E-state index is 12.3. The Hall–Kier alpha value is -2.57. The molecule has 0 aliphatic carbocycles. The topological polar surface area (TPSA) is 75.7 Å². The molecule has 0 amide bonds. The van der Waals surface area contributed by atoms with E-state index in [0.717, 1.165) is 49.0 Å². The van der Waals surface area contributed by atoms with Gasteiger partial charge >= 0.3 is 5.63 Å². The Morgan fingerprint density at radius 3 is 2.84 bits per heavy atom. The van der Waals surface area contributed by atoms with Gasteiger partial charge < -0.3 is 14.1 Å². The Morgan fingerprint density at radius 1 is 1.19 bits per heavy atom. The molecule has 4 heterocycles. The molecule has 3 aromatic rings. The zero-order chi connectivity index (χ0) is 21.7. The van der Waals surface area contributed by atoms with Gasteiger partial charge in [0.2, 0.25) is 0 Å². The third kappa shape index (κ3) is 3.58. The molecule has 0 radical (unpaired) electrons. The van der Waals surface area contributed by atoms with Crippen LogP contribution in [-0.4, -0.2) is 27.7 Å². The summed E-state index contributed by atoms with van der Waals surface area (Å²) in [6.45, 7) is 4.78. The summed E-state index contributed by atoms with van der Waals surface area (Å²) in [5.41, 5.74) is 2.59. The number of nitrogens with zero attached hydrogens (tertiary/aromatic N) is 2. The standard InChI is InChI=1S/C24H25ClN2O4/c1-2-4-15-8-22(29)31-24-17(15)9-19(25)23(30)18(24)13-26-10-14-7-16(12-26)20-5-3-6-21(28)27(20)11-14/h3,5-6,8-9,14,16,30H,2,4,7,10-13H2,1H3. The van der Waals surface area contributed by atoms with Crippen molar-refractivity contribution in [2.45, 2.75) is 45.2 Å². The van der Waals surface area contributed by atoms with Crippen molar-refractivity contribution in [3.8, 4) is 5.75 Å². The first-order valence-corrected chi connectivity index (χ1v) is 11.2. The minimum atomic E-state index is -0.414. The van der Waals surface area contributed by atoms with Crippen LogP contribution in [0, 0.1) is 5.92 Å². The van der Waals surface area contributed by atoms with E-state index in [0.29, 0.717) is 30.2 Å². The highest BCUT2D eigenvalue weighted by Gasteiger charge is 2.35. The van der Waals surface area contributed by atoms with Crippen LogP contribution in [0.25, 0.3) is 11.0 Å².